The number of ether oxygens (including phenoxy) is 3. The third-order valence-electron chi connectivity index (χ3n) is 4.86. The van der Waals surface area contributed by atoms with Gasteiger partial charge in [-0.3, -0.25) is 4.79 Å². The van der Waals surface area contributed by atoms with Crippen molar-refractivity contribution >= 4 is 11.9 Å². The lowest BCUT2D eigenvalue weighted by atomic mass is 9.87. The Morgan fingerprint density at radius 3 is 2.45 bits per heavy atom. The number of nitrogens with zero attached hydrogens (tertiary/aromatic N) is 1. The molecule has 2 unspecified atom stereocenters. The van der Waals surface area contributed by atoms with E-state index in [1.165, 1.54) is 0 Å². The Kier molecular flexibility index (Phi) is 7.73. The Balaban J connectivity index is 2.33. The molecular formula is C21H33N3O5. The maximum Gasteiger partial charge on any atom is 0.317 e. The number of urea groups is 1. The first-order chi connectivity index (χ1) is 13.7. The Morgan fingerprint density at radius 1 is 1.14 bits per heavy atom. The van der Waals surface area contributed by atoms with Gasteiger partial charge in [0, 0.05) is 43.8 Å². The van der Waals surface area contributed by atoms with Crippen LogP contribution in [0.5, 0.6) is 11.5 Å². The number of nitrogens with one attached hydrogen (secondary N) is 2. The maximum absolute atomic E-state index is 12.9. The molecule has 0 bridgehead atoms. The highest BCUT2D eigenvalue weighted by Crippen LogP contribution is 2.42. The van der Waals surface area contributed by atoms with Gasteiger partial charge in [0.05, 0.1) is 26.7 Å². The van der Waals surface area contributed by atoms with Crippen LogP contribution in [-0.4, -0.2) is 69.9 Å². The first-order valence-electron chi connectivity index (χ1n) is 9.76. The van der Waals surface area contributed by atoms with Gasteiger partial charge in [0.1, 0.15) is 0 Å². The summed E-state index contributed by atoms with van der Waals surface area (Å²) in [6, 6.07) is 5.42. The summed E-state index contributed by atoms with van der Waals surface area (Å²) in [5, 5.41) is 5.88. The fourth-order valence-electron chi connectivity index (χ4n) is 3.56. The van der Waals surface area contributed by atoms with E-state index in [9.17, 15) is 9.59 Å². The minimum Gasteiger partial charge on any atom is -0.493 e. The predicted molar refractivity (Wildman–Crippen MR) is 111 cm³/mol. The molecule has 2 atom stereocenters. The number of hydrogen-bond acceptors (Lipinski definition) is 5. The van der Waals surface area contributed by atoms with Crippen LogP contribution in [0.15, 0.2) is 18.2 Å². The zero-order chi connectivity index (χ0) is 21.6. The Morgan fingerprint density at radius 2 is 1.86 bits per heavy atom. The summed E-state index contributed by atoms with van der Waals surface area (Å²) in [4.78, 5) is 27.4. The average Bonchev–Trinajstić information content (AvgIpc) is 3.11. The minimum absolute atomic E-state index is 0.108. The standard InChI is InChI=1S/C21H33N3O5/c1-21(2,3)23-20(26)24-12-15(16(13-24)19(25)22-10-11-27-4)14-8-7-9-17(28-5)18(14)29-6/h7-9,15-16H,10-13H2,1-6H3,(H,22,25)(H,23,26). The van der Waals surface area contributed by atoms with Gasteiger partial charge < -0.3 is 29.7 Å². The zero-order valence-electron chi connectivity index (χ0n) is 18.2. The highest BCUT2D eigenvalue weighted by molar-refractivity contribution is 5.83. The van der Waals surface area contributed by atoms with Crippen molar-refractivity contribution in [2.75, 3.05) is 47.6 Å². The molecule has 0 aliphatic carbocycles. The third kappa shape index (κ3) is 5.76. The first-order valence-corrected chi connectivity index (χ1v) is 9.76. The predicted octanol–water partition coefficient (Wildman–Crippen LogP) is 1.99. The summed E-state index contributed by atoms with van der Waals surface area (Å²) in [6.07, 6.45) is 0. The van der Waals surface area contributed by atoms with E-state index in [-0.39, 0.29) is 23.4 Å². The number of para-hydroxylation sites is 1. The van der Waals surface area contributed by atoms with Crippen LogP contribution in [0.3, 0.4) is 0 Å². The number of likely N-dealkylation sites (tertiary alicyclic amines) is 1. The highest BCUT2D eigenvalue weighted by atomic mass is 16.5. The highest BCUT2D eigenvalue weighted by Gasteiger charge is 2.42. The van der Waals surface area contributed by atoms with Gasteiger partial charge in [-0.1, -0.05) is 12.1 Å². The Labute approximate surface area is 172 Å². The summed E-state index contributed by atoms with van der Waals surface area (Å²) < 4.78 is 16.0. The molecule has 8 nitrogen and oxygen atoms in total. The van der Waals surface area contributed by atoms with Crippen molar-refractivity contribution in [1.82, 2.24) is 15.5 Å². The van der Waals surface area contributed by atoms with Crippen LogP contribution in [0.2, 0.25) is 0 Å². The summed E-state index contributed by atoms with van der Waals surface area (Å²) in [6.45, 7) is 7.37. The van der Waals surface area contributed by atoms with Crippen molar-refractivity contribution in [2.45, 2.75) is 32.2 Å². The first kappa shape index (κ1) is 22.8. The van der Waals surface area contributed by atoms with Crippen molar-refractivity contribution in [3.8, 4) is 11.5 Å². The molecule has 1 aromatic carbocycles. The van der Waals surface area contributed by atoms with Crippen LogP contribution in [0, 0.1) is 5.92 Å². The lowest BCUT2D eigenvalue weighted by Crippen LogP contribution is -2.48. The Hall–Kier alpha value is -2.48. The number of carbonyl (C=O) groups excluding carboxylic acids is 2. The van der Waals surface area contributed by atoms with Gasteiger partial charge in [-0.05, 0) is 26.8 Å². The van der Waals surface area contributed by atoms with Crippen LogP contribution in [0.25, 0.3) is 0 Å². The molecular weight excluding hydrogens is 374 g/mol. The van der Waals surface area contributed by atoms with Crippen molar-refractivity contribution < 1.29 is 23.8 Å². The van der Waals surface area contributed by atoms with Gasteiger partial charge in [0.15, 0.2) is 11.5 Å². The van der Waals surface area contributed by atoms with Crippen molar-refractivity contribution in [2.24, 2.45) is 5.92 Å². The quantitative estimate of drug-likeness (QED) is 0.675. The summed E-state index contributed by atoms with van der Waals surface area (Å²) >= 11 is 0. The van der Waals surface area contributed by atoms with Crippen molar-refractivity contribution in [3.63, 3.8) is 0 Å². The molecule has 162 valence electrons. The van der Waals surface area contributed by atoms with E-state index in [1.54, 1.807) is 26.2 Å². The van der Waals surface area contributed by atoms with Crippen molar-refractivity contribution in [1.29, 1.82) is 0 Å². The molecule has 1 aliphatic rings. The molecule has 0 radical (unpaired) electrons. The van der Waals surface area contributed by atoms with Crippen molar-refractivity contribution in [3.05, 3.63) is 23.8 Å². The third-order valence-corrected chi connectivity index (χ3v) is 4.86. The van der Waals surface area contributed by atoms with Crippen LogP contribution < -0.4 is 20.1 Å². The van der Waals surface area contributed by atoms with Gasteiger partial charge in [-0.15, -0.1) is 0 Å². The summed E-state index contributed by atoms with van der Waals surface area (Å²) in [5.74, 6) is 0.462. The topological polar surface area (TPSA) is 89.1 Å². The molecule has 1 aliphatic heterocycles. The zero-order valence-corrected chi connectivity index (χ0v) is 18.2. The van der Waals surface area contributed by atoms with Gasteiger partial charge in [0.2, 0.25) is 5.91 Å². The smallest absolute Gasteiger partial charge is 0.317 e. The van der Waals surface area contributed by atoms with Crippen LogP contribution in [0.1, 0.15) is 32.3 Å². The van der Waals surface area contributed by atoms with E-state index < -0.39 is 5.92 Å². The molecule has 8 heteroatoms. The van der Waals surface area contributed by atoms with Crippen LogP contribution in [0.4, 0.5) is 4.79 Å². The van der Waals surface area contributed by atoms with E-state index >= 15 is 0 Å². The maximum atomic E-state index is 12.9. The monoisotopic (exact) mass is 407 g/mol. The number of carbonyl (C=O) groups is 2. The lowest BCUT2D eigenvalue weighted by Gasteiger charge is -2.25. The molecule has 0 aromatic heterocycles. The van der Waals surface area contributed by atoms with Crippen LogP contribution in [-0.2, 0) is 9.53 Å². The van der Waals surface area contributed by atoms with E-state index in [1.807, 2.05) is 39.0 Å². The van der Waals surface area contributed by atoms with Gasteiger partial charge in [-0.25, -0.2) is 4.79 Å². The summed E-state index contributed by atoms with van der Waals surface area (Å²) in [7, 11) is 4.74. The Bertz CT molecular complexity index is 717. The molecule has 0 spiro atoms. The SMILES string of the molecule is COCCNC(=O)C1CN(C(=O)NC(C)(C)C)CC1c1cccc(OC)c1OC. The fraction of sp³-hybridized carbons (Fsp3) is 0.619. The molecule has 3 amide bonds. The van der Waals surface area contributed by atoms with Crippen LogP contribution >= 0.6 is 0 Å². The van der Waals surface area contributed by atoms with Gasteiger partial charge in [-0.2, -0.15) is 0 Å². The van der Waals surface area contributed by atoms with E-state index in [0.717, 1.165) is 5.56 Å². The van der Waals surface area contributed by atoms with E-state index in [4.69, 9.17) is 14.2 Å². The molecule has 29 heavy (non-hydrogen) atoms. The molecule has 1 fully saturated rings. The molecule has 0 saturated carbocycles. The lowest BCUT2D eigenvalue weighted by molar-refractivity contribution is -0.125. The second kappa shape index (κ2) is 9.82. The number of amides is 3. The normalized spacial score (nSPS) is 19.0. The molecule has 1 saturated heterocycles. The van der Waals surface area contributed by atoms with Gasteiger partial charge in [0.25, 0.3) is 0 Å². The largest absolute Gasteiger partial charge is 0.493 e. The summed E-state index contributed by atoms with van der Waals surface area (Å²) in [5.41, 5.74) is 0.490. The molecule has 1 heterocycles. The van der Waals surface area contributed by atoms with Gasteiger partial charge >= 0.3 is 6.03 Å². The minimum atomic E-state index is -0.404. The van der Waals surface area contributed by atoms with E-state index in [2.05, 4.69) is 10.6 Å². The number of rotatable bonds is 7. The number of hydrogen-bond donors (Lipinski definition) is 2. The second-order valence-electron chi connectivity index (χ2n) is 8.16. The fourth-order valence-corrected chi connectivity index (χ4v) is 3.56. The number of benzene rings is 1. The molecule has 2 N–H and O–H groups in total. The average molecular weight is 408 g/mol. The molecule has 1 aromatic rings. The molecule has 2 rings (SSSR count). The number of methoxy groups -OCH3 is 3. The second-order valence-corrected chi connectivity index (χ2v) is 8.16. The van der Waals surface area contributed by atoms with E-state index in [0.29, 0.717) is 37.7 Å².